The molecule has 138 valence electrons. The molecule has 2 heterocycles. The van der Waals surface area contributed by atoms with Crippen LogP contribution in [-0.4, -0.2) is 58.7 Å². The zero-order valence-corrected chi connectivity index (χ0v) is 14.2. The van der Waals surface area contributed by atoms with Crippen molar-refractivity contribution in [2.75, 3.05) is 19.8 Å². The summed E-state index contributed by atoms with van der Waals surface area (Å²) >= 11 is 0. The van der Waals surface area contributed by atoms with Gasteiger partial charge in [0.25, 0.3) is 5.91 Å². The smallest absolute Gasteiger partial charge is 0.329 e. The van der Waals surface area contributed by atoms with Crippen molar-refractivity contribution < 1.29 is 24.2 Å². The molecule has 3 rings (SSSR count). The predicted molar refractivity (Wildman–Crippen MR) is 91.8 cm³/mol. The van der Waals surface area contributed by atoms with E-state index in [-0.39, 0.29) is 18.6 Å². The standard InChI is InChI=1S/C18H21N3O5/c22-17(23)12-26-16-11-25-8-5-15(16)20-18(24)14-4-1-3-13(9-14)10-21-7-2-6-19-21/h1-4,6-7,9,15-16H,5,8,10-12H2,(H,20,24)(H,22,23)/t15-,16-/m1/s1. The number of carboxylic acids is 1. The SMILES string of the molecule is O=C(O)CO[C@@H]1COCC[C@H]1NC(=O)c1cccc(Cn2cccn2)c1. The van der Waals surface area contributed by atoms with Crippen molar-refractivity contribution >= 4 is 11.9 Å². The van der Waals surface area contributed by atoms with Gasteiger partial charge in [0.1, 0.15) is 12.7 Å². The Morgan fingerprint density at radius 1 is 1.38 bits per heavy atom. The minimum absolute atomic E-state index is 0.219. The Balaban J connectivity index is 1.63. The molecule has 2 aromatic rings. The molecule has 1 aromatic carbocycles. The van der Waals surface area contributed by atoms with Gasteiger partial charge in [0.2, 0.25) is 0 Å². The van der Waals surface area contributed by atoms with Gasteiger partial charge >= 0.3 is 5.97 Å². The molecule has 0 spiro atoms. The van der Waals surface area contributed by atoms with Crippen LogP contribution in [0.1, 0.15) is 22.3 Å². The van der Waals surface area contributed by atoms with Gasteiger partial charge in [-0.1, -0.05) is 12.1 Å². The Kier molecular flexibility index (Phi) is 5.98. The second-order valence-electron chi connectivity index (χ2n) is 6.09. The summed E-state index contributed by atoms with van der Waals surface area (Å²) in [6.07, 6.45) is 3.66. The van der Waals surface area contributed by atoms with Gasteiger partial charge in [-0.2, -0.15) is 5.10 Å². The number of amides is 1. The number of aromatic nitrogens is 2. The normalized spacial score (nSPS) is 19.8. The molecule has 0 bridgehead atoms. The Morgan fingerprint density at radius 3 is 3.04 bits per heavy atom. The number of carboxylic acid groups (broad SMARTS) is 1. The summed E-state index contributed by atoms with van der Waals surface area (Å²) in [7, 11) is 0. The Morgan fingerprint density at radius 2 is 2.27 bits per heavy atom. The molecule has 1 aliphatic heterocycles. The molecule has 8 heteroatoms. The highest BCUT2D eigenvalue weighted by molar-refractivity contribution is 5.94. The first-order valence-corrected chi connectivity index (χ1v) is 8.40. The quantitative estimate of drug-likeness (QED) is 0.762. The predicted octanol–water partition coefficient (Wildman–Crippen LogP) is 0.920. The molecule has 2 atom stereocenters. The first-order valence-electron chi connectivity index (χ1n) is 8.40. The van der Waals surface area contributed by atoms with Gasteiger partial charge in [0.15, 0.2) is 0 Å². The lowest BCUT2D eigenvalue weighted by Crippen LogP contribution is -2.50. The van der Waals surface area contributed by atoms with Gasteiger partial charge in [-0.05, 0) is 30.2 Å². The van der Waals surface area contributed by atoms with Crippen LogP contribution >= 0.6 is 0 Å². The molecule has 0 unspecified atom stereocenters. The number of carbonyl (C=O) groups excluding carboxylic acids is 1. The monoisotopic (exact) mass is 359 g/mol. The van der Waals surface area contributed by atoms with Crippen molar-refractivity contribution in [3.05, 3.63) is 53.9 Å². The van der Waals surface area contributed by atoms with E-state index >= 15 is 0 Å². The minimum atomic E-state index is -1.05. The van der Waals surface area contributed by atoms with E-state index in [1.165, 1.54) is 0 Å². The van der Waals surface area contributed by atoms with Crippen LogP contribution in [0.5, 0.6) is 0 Å². The van der Waals surface area contributed by atoms with Crippen molar-refractivity contribution in [1.82, 2.24) is 15.1 Å². The third-order valence-corrected chi connectivity index (χ3v) is 4.13. The van der Waals surface area contributed by atoms with E-state index in [1.807, 2.05) is 30.5 Å². The molecule has 1 saturated heterocycles. The van der Waals surface area contributed by atoms with Crippen LogP contribution in [0.2, 0.25) is 0 Å². The van der Waals surface area contributed by atoms with Crippen molar-refractivity contribution in [2.24, 2.45) is 0 Å². The highest BCUT2D eigenvalue weighted by atomic mass is 16.5. The molecule has 1 aromatic heterocycles. The molecule has 2 N–H and O–H groups in total. The van der Waals surface area contributed by atoms with Crippen LogP contribution in [0.4, 0.5) is 0 Å². The van der Waals surface area contributed by atoms with Crippen LogP contribution in [0.3, 0.4) is 0 Å². The van der Waals surface area contributed by atoms with Crippen LogP contribution in [-0.2, 0) is 20.8 Å². The van der Waals surface area contributed by atoms with E-state index < -0.39 is 18.7 Å². The highest BCUT2D eigenvalue weighted by Gasteiger charge is 2.28. The largest absolute Gasteiger partial charge is 0.480 e. The Labute approximate surface area is 150 Å². The zero-order chi connectivity index (χ0) is 18.4. The summed E-state index contributed by atoms with van der Waals surface area (Å²) < 4.78 is 12.5. The average Bonchev–Trinajstić information content (AvgIpc) is 3.14. The average molecular weight is 359 g/mol. The van der Waals surface area contributed by atoms with E-state index in [9.17, 15) is 9.59 Å². The maximum Gasteiger partial charge on any atom is 0.329 e. The number of carbonyl (C=O) groups is 2. The van der Waals surface area contributed by atoms with Gasteiger partial charge in [-0.15, -0.1) is 0 Å². The molecule has 8 nitrogen and oxygen atoms in total. The van der Waals surface area contributed by atoms with Crippen molar-refractivity contribution in [2.45, 2.75) is 25.1 Å². The molecule has 1 amide bonds. The maximum atomic E-state index is 12.6. The van der Waals surface area contributed by atoms with E-state index in [4.69, 9.17) is 14.6 Å². The van der Waals surface area contributed by atoms with Crippen LogP contribution in [0, 0.1) is 0 Å². The molecule has 0 aliphatic carbocycles. The van der Waals surface area contributed by atoms with Crippen molar-refractivity contribution in [3.63, 3.8) is 0 Å². The summed E-state index contributed by atoms with van der Waals surface area (Å²) in [5.74, 6) is -1.27. The third-order valence-electron chi connectivity index (χ3n) is 4.13. The van der Waals surface area contributed by atoms with Gasteiger partial charge in [0.05, 0.1) is 19.2 Å². The topological polar surface area (TPSA) is 103 Å². The molecule has 26 heavy (non-hydrogen) atoms. The number of hydrogen-bond acceptors (Lipinski definition) is 5. The number of nitrogens with one attached hydrogen (secondary N) is 1. The number of benzene rings is 1. The summed E-state index contributed by atoms with van der Waals surface area (Å²) in [4.78, 5) is 23.3. The Bertz CT molecular complexity index is 747. The molecule has 0 saturated carbocycles. The second-order valence-corrected chi connectivity index (χ2v) is 6.09. The van der Waals surface area contributed by atoms with Gasteiger partial charge < -0.3 is 19.9 Å². The number of hydrogen-bond donors (Lipinski definition) is 2. The van der Waals surface area contributed by atoms with Crippen LogP contribution in [0.15, 0.2) is 42.7 Å². The summed E-state index contributed by atoms with van der Waals surface area (Å²) in [6, 6.07) is 8.89. The molecular formula is C18H21N3O5. The first kappa shape index (κ1) is 18.1. The first-order chi connectivity index (χ1) is 12.6. The number of aliphatic carboxylic acids is 1. The van der Waals surface area contributed by atoms with E-state index in [0.29, 0.717) is 25.1 Å². The number of nitrogens with zero attached hydrogens (tertiary/aromatic N) is 2. The van der Waals surface area contributed by atoms with E-state index in [0.717, 1.165) is 5.56 Å². The summed E-state index contributed by atoms with van der Waals surface area (Å²) in [6.45, 7) is 0.921. The molecule has 0 radical (unpaired) electrons. The highest BCUT2D eigenvalue weighted by Crippen LogP contribution is 2.14. The molecule has 1 fully saturated rings. The van der Waals surface area contributed by atoms with Gasteiger partial charge in [0, 0.05) is 24.6 Å². The second kappa shape index (κ2) is 8.59. The summed E-state index contributed by atoms with van der Waals surface area (Å²) in [5.41, 5.74) is 1.50. The lowest BCUT2D eigenvalue weighted by molar-refractivity contribution is -0.148. The fourth-order valence-electron chi connectivity index (χ4n) is 2.86. The molecule has 1 aliphatic rings. The fourth-order valence-corrected chi connectivity index (χ4v) is 2.86. The van der Waals surface area contributed by atoms with Gasteiger partial charge in [-0.3, -0.25) is 9.48 Å². The van der Waals surface area contributed by atoms with Crippen LogP contribution < -0.4 is 5.32 Å². The molecular weight excluding hydrogens is 338 g/mol. The lowest BCUT2D eigenvalue weighted by atomic mass is 10.0. The Hall–Kier alpha value is -2.71. The van der Waals surface area contributed by atoms with Crippen LogP contribution in [0.25, 0.3) is 0 Å². The van der Waals surface area contributed by atoms with E-state index in [2.05, 4.69) is 10.4 Å². The minimum Gasteiger partial charge on any atom is -0.480 e. The lowest BCUT2D eigenvalue weighted by Gasteiger charge is -2.31. The fraction of sp³-hybridized carbons (Fsp3) is 0.389. The van der Waals surface area contributed by atoms with E-state index in [1.54, 1.807) is 16.9 Å². The van der Waals surface area contributed by atoms with Crippen molar-refractivity contribution in [3.8, 4) is 0 Å². The maximum absolute atomic E-state index is 12.6. The third kappa shape index (κ3) is 4.90. The number of ether oxygens (including phenoxy) is 2. The summed E-state index contributed by atoms with van der Waals surface area (Å²) in [5, 5.41) is 15.9. The number of rotatable bonds is 7. The van der Waals surface area contributed by atoms with Crippen molar-refractivity contribution in [1.29, 1.82) is 0 Å². The zero-order valence-electron chi connectivity index (χ0n) is 14.2. The van der Waals surface area contributed by atoms with Gasteiger partial charge in [-0.25, -0.2) is 4.79 Å².